The maximum Gasteiger partial charge on any atom is 0.331 e. The van der Waals surface area contributed by atoms with E-state index in [0.29, 0.717) is 63.2 Å². The second kappa shape index (κ2) is 15.7. The van der Waals surface area contributed by atoms with Crippen molar-refractivity contribution in [1.82, 2.24) is 5.32 Å². The Morgan fingerprint density at radius 3 is 2.39 bits per heavy atom. The van der Waals surface area contributed by atoms with Gasteiger partial charge in [-0.25, -0.2) is 4.79 Å². The van der Waals surface area contributed by atoms with Crippen molar-refractivity contribution in [2.24, 2.45) is 74.9 Å². The maximum absolute atomic E-state index is 15.1. The molecule has 0 saturated heterocycles. The fourth-order valence-electron chi connectivity index (χ4n) is 21.0. The summed E-state index contributed by atoms with van der Waals surface area (Å²) < 4.78 is 6.32. The van der Waals surface area contributed by atoms with E-state index in [-0.39, 0.29) is 54.6 Å². The number of benzene rings is 1. The molecule has 364 valence electrons. The molecule has 13 rings (SSSR count). The number of fused-ring (bicyclic) bond motifs is 7. The average molecular weight is 920 g/mol. The number of aliphatic hydroxyl groups excluding tert-OH is 3. The molecule has 4 bridgehead atoms. The second-order valence-electron chi connectivity index (χ2n) is 25.0. The van der Waals surface area contributed by atoms with E-state index >= 15 is 4.79 Å². The highest BCUT2D eigenvalue weighted by atomic mass is 16.5. The van der Waals surface area contributed by atoms with Crippen LogP contribution in [0.15, 0.2) is 29.8 Å². The van der Waals surface area contributed by atoms with E-state index in [4.69, 9.17) is 4.74 Å². The van der Waals surface area contributed by atoms with E-state index in [9.17, 15) is 35.4 Å². The Bertz CT molecular complexity index is 2270. The van der Waals surface area contributed by atoms with Gasteiger partial charge in [0.2, 0.25) is 0 Å². The van der Waals surface area contributed by atoms with E-state index in [2.05, 4.69) is 24.1 Å². The zero-order valence-corrected chi connectivity index (χ0v) is 40.1. The molecule has 0 aromatic heterocycles. The van der Waals surface area contributed by atoms with Gasteiger partial charge in [0.1, 0.15) is 23.6 Å². The zero-order chi connectivity index (χ0) is 46.5. The van der Waals surface area contributed by atoms with Gasteiger partial charge in [-0.3, -0.25) is 0 Å². The van der Waals surface area contributed by atoms with Gasteiger partial charge >= 0.3 is 5.97 Å². The molecule has 3 spiro atoms. The summed E-state index contributed by atoms with van der Waals surface area (Å²) in [4.78, 5) is 28.8. The van der Waals surface area contributed by atoms with Crippen LogP contribution in [0.3, 0.4) is 0 Å². The number of hydrogen-bond acceptors (Lipinski definition) is 10. The van der Waals surface area contributed by atoms with Crippen LogP contribution in [0.4, 0.5) is 0 Å². The number of rotatable bonds is 5. The van der Waals surface area contributed by atoms with Crippen LogP contribution in [0.1, 0.15) is 158 Å². The first-order chi connectivity index (χ1) is 32.2. The molecule has 18 atom stereocenters. The van der Waals surface area contributed by atoms with Gasteiger partial charge in [-0.05, 0) is 155 Å². The number of ether oxygens (including phenoxy) is 1. The molecule has 11 aliphatic carbocycles. The molecule has 9 saturated carbocycles. The molecule has 7 N–H and O–H groups in total. The van der Waals surface area contributed by atoms with Gasteiger partial charge in [0.05, 0.1) is 29.8 Å². The SMILES string of the molecule is CN[C@@H]1Cc2c(cccc2CO)C#CCC[C@]23CC[C@H]4[C@@](O)([C@@H](O)[C@H]5C[C@@H]([C@@H](C)C6CCCC6)CC[C@@H]6[C@@H](O)[C@]7(CCCC78CCCC8)C[C@@]4(C=O)[C@@]65O)[C@@]2(O)C[C@@H]2C[C@@H]1[C@H]1OC(=O)C=C1[C@@H]23. The lowest BCUT2D eigenvalue weighted by molar-refractivity contribution is -0.387. The molecule has 1 aromatic carbocycles. The fourth-order valence-corrected chi connectivity index (χ4v) is 21.0. The van der Waals surface area contributed by atoms with Crippen molar-refractivity contribution < 1.29 is 45.0 Å². The fraction of sp³-hybridized carbons (Fsp3) is 0.789. The minimum Gasteiger partial charge on any atom is -0.454 e. The van der Waals surface area contributed by atoms with Crippen LogP contribution in [-0.4, -0.2) is 91.1 Å². The number of carbonyl (C=O) groups excluding carboxylic acids is 2. The van der Waals surface area contributed by atoms with Crippen molar-refractivity contribution in [2.45, 2.75) is 196 Å². The Hall–Kier alpha value is -2.62. The van der Waals surface area contributed by atoms with Gasteiger partial charge in [-0.1, -0.05) is 75.8 Å². The highest BCUT2D eigenvalue weighted by molar-refractivity contribution is 5.86. The van der Waals surface area contributed by atoms with Crippen LogP contribution in [0.25, 0.3) is 0 Å². The molecule has 1 heterocycles. The van der Waals surface area contributed by atoms with Crippen molar-refractivity contribution in [3.63, 3.8) is 0 Å². The molecular weight excluding hydrogens is 843 g/mol. The summed E-state index contributed by atoms with van der Waals surface area (Å²) in [6, 6.07) is 5.67. The van der Waals surface area contributed by atoms with Crippen LogP contribution in [0.5, 0.6) is 0 Å². The van der Waals surface area contributed by atoms with Crippen molar-refractivity contribution in [1.29, 1.82) is 0 Å². The van der Waals surface area contributed by atoms with Crippen LogP contribution >= 0.6 is 0 Å². The van der Waals surface area contributed by atoms with Gasteiger partial charge in [0.25, 0.3) is 0 Å². The molecule has 0 unspecified atom stereocenters. The minimum absolute atomic E-state index is 0.102. The topological polar surface area (TPSA) is 177 Å². The summed E-state index contributed by atoms with van der Waals surface area (Å²) in [7, 11) is 1.92. The Balaban J connectivity index is 1.05. The lowest BCUT2D eigenvalue weighted by Gasteiger charge is -2.75. The summed E-state index contributed by atoms with van der Waals surface area (Å²) in [5, 5.41) is 84.7. The summed E-state index contributed by atoms with van der Waals surface area (Å²) in [6.45, 7) is 2.21. The zero-order valence-electron chi connectivity index (χ0n) is 40.1. The number of carbonyl (C=O) groups is 2. The highest BCUT2D eigenvalue weighted by Crippen LogP contribution is 2.81. The quantitative estimate of drug-likeness (QED) is 0.0986. The van der Waals surface area contributed by atoms with Crippen molar-refractivity contribution in [3.8, 4) is 11.8 Å². The van der Waals surface area contributed by atoms with Gasteiger partial charge in [-0.2, -0.15) is 0 Å². The lowest BCUT2D eigenvalue weighted by atomic mass is 9.31. The molecule has 0 radical (unpaired) electrons. The van der Waals surface area contributed by atoms with Gasteiger partial charge < -0.3 is 45.5 Å². The van der Waals surface area contributed by atoms with E-state index in [1.54, 1.807) is 6.08 Å². The molecule has 1 aromatic rings. The third-order valence-electron chi connectivity index (χ3n) is 23.7. The molecule has 9 fully saturated rings. The molecule has 12 aliphatic rings. The predicted molar refractivity (Wildman–Crippen MR) is 250 cm³/mol. The minimum atomic E-state index is -2.20. The predicted octanol–water partition coefficient (Wildman–Crippen LogP) is 6.47. The first kappa shape index (κ1) is 45.5. The van der Waals surface area contributed by atoms with Crippen LogP contribution in [0.2, 0.25) is 0 Å². The van der Waals surface area contributed by atoms with Crippen molar-refractivity contribution in [3.05, 3.63) is 46.5 Å². The summed E-state index contributed by atoms with van der Waals surface area (Å²) >= 11 is 0. The summed E-state index contributed by atoms with van der Waals surface area (Å²) in [5.41, 5.74) is -5.82. The number of aldehydes is 1. The highest BCUT2D eigenvalue weighted by Gasteiger charge is 2.87. The van der Waals surface area contributed by atoms with E-state index in [0.717, 1.165) is 92.8 Å². The lowest BCUT2D eigenvalue weighted by Crippen LogP contribution is -2.86. The Labute approximate surface area is 397 Å². The third-order valence-corrected chi connectivity index (χ3v) is 23.7. The largest absolute Gasteiger partial charge is 0.454 e. The van der Waals surface area contributed by atoms with Gasteiger partial charge in [0.15, 0.2) is 0 Å². The second-order valence-corrected chi connectivity index (χ2v) is 25.0. The summed E-state index contributed by atoms with van der Waals surface area (Å²) in [6.07, 6.45) is 16.0. The van der Waals surface area contributed by atoms with E-state index in [1.807, 2.05) is 25.2 Å². The van der Waals surface area contributed by atoms with Crippen LogP contribution in [0, 0.1) is 86.8 Å². The number of aliphatic hydroxyl groups is 6. The molecule has 0 amide bonds. The number of nitrogens with one attached hydrogen (secondary N) is 1. The van der Waals surface area contributed by atoms with E-state index < -0.39 is 75.1 Å². The Morgan fingerprint density at radius 1 is 0.866 bits per heavy atom. The smallest absolute Gasteiger partial charge is 0.331 e. The molecule has 10 heteroatoms. The number of hydrogen-bond donors (Lipinski definition) is 7. The summed E-state index contributed by atoms with van der Waals surface area (Å²) in [5.74, 6) is 4.16. The average Bonchev–Trinajstić information content (AvgIpc) is 4.17. The maximum atomic E-state index is 15.1. The molecule has 1 aliphatic heterocycles. The monoisotopic (exact) mass is 920 g/mol. The molecule has 10 nitrogen and oxygen atoms in total. The van der Waals surface area contributed by atoms with Gasteiger partial charge in [-0.15, -0.1) is 0 Å². The first-order valence-electron chi connectivity index (χ1n) is 27.0. The van der Waals surface area contributed by atoms with Crippen molar-refractivity contribution in [2.75, 3.05) is 7.05 Å². The number of esters is 1. The Kier molecular flexibility index (Phi) is 10.7. The molecular formula is C57H77NO9. The van der Waals surface area contributed by atoms with E-state index in [1.165, 1.54) is 12.8 Å². The normalized spacial score (nSPS) is 49.7. The van der Waals surface area contributed by atoms with Crippen LogP contribution < -0.4 is 5.32 Å². The van der Waals surface area contributed by atoms with Gasteiger partial charge in [0, 0.05) is 58.6 Å². The van der Waals surface area contributed by atoms with Crippen molar-refractivity contribution >= 4 is 12.3 Å². The third kappa shape index (κ3) is 5.61. The molecule has 67 heavy (non-hydrogen) atoms. The van der Waals surface area contributed by atoms with Crippen LogP contribution in [-0.2, 0) is 27.4 Å². The first-order valence-corrected chi connectivity index (χ1v) is 27.0. The Morgan fingerprint density at radius 2 is 1.64 bits per heavy atom. The standard InChI is InChI=1S/C57H77NO9/c1-33(34-11-3-4-12-34)36-16-17-42-49(62)53(23-10-21-51(53)19-7-8-20-51)31-54(32-60)45-18-24-52-22-6-5-13-35-14-9-15-37(30-59)39(35)27-44(58-2)40-25-38(47(52)41-28-46(61)67-48(40)41)29-55(52,64)57(45,66)50(63)43(26-36)56(42,54)65/h9,14-15,28,32-34,36,38,40,42-45,47-50,58-59,62-66H,3-4,6-8,10-12,16-27,29-31H2,1-2H3/t33-,36-,38-,40-,42+,43+,44+,45+,47+,48+,49+,50-,52+,53-,54-,55+,56+,57+/m0/s1. The number of likely N-dealkylation sites (N-methyl/N-ethyl adjacent to an activating group) is 1.